The van der Waals surface area contributed by atoms with Crippen LogP contribution in [0.2, 0.25) is 0 Å². The fourth-order valence-corrected chi connectivity index (χ4v) is 1.68. The van der Waals surface area contributed by atoms with Crippen molar-refractivity contribution in [3.8, 4) is 0 Å². The Labute approximate surface area is 82.4 Å². The number of hydrogen-bond acceptors (Lipinski definition) is 3. The molecule has 3 heteroatoms. The first-order chi connectivity index (χ1) is 6.68. The van der Waals surface area contributed by atoms with Gasteiger partial charge in [-0.05, 0) is 26.0 Å². The van der Waals surface area contributed by atoms with Gasteiger partial charge >= 0.3 is 0 Å². The van der Waals surface area contributed by atoms with Gasteiger partial charge < -0.3 is 9.15 Å². The van der Waals surface area contributed by atoms with E-state index in [2.05, 4.69) is 0 Å². The molecule has 0 saturated heterocycles. The van der Waals surface area contributed by atoms with Gasteiger partial charge in [-0.1, -0.05) is 0 Å². The number of furan rings is 1. The minimum atomic E-state index is -0.121. The highest BCUT2D eigenvalue weighted by molar-refractivity contribution is 5.94. The molecule has 3 nitrogen and oxygen atoms in total. The summed E-state index contributed by atoms with van der Waals surface area (Å²) in [7, 11) is 0. The SMILES string of the molecule is CC(=O)C1=C(C)OC(c2ccco2)C1. The van der Waals surface area contributed by atoms with E-state index in [1.807, 2.05) is 19.1 Å². The molecule has 1 aliphatic heterocycles. The van der Waals surface area contributed by atoms with Crippen molar-refractivity contribution in [2.45, 2.75) is 26.4 Å². The van der Waals surface area contributed by atoms with Crippen LogP contribution in [0.1, 0.15) is 32.1 Å². The summed E-state index contributed by atoms with van der Waals surface area (Å²) in [6.45, 7) is 3.38. The number of ether oxygens (including phenoxy) is 1. The number of carbonyl (C=O) groups excluding carboxylic acids is 1. The zero-order valence-corrected chi connectivity index (χ0v) is 8.24. The molecule has 0 fully saturated rings. The van der Waals surface area contributed by atoms with Gasteiger partial charge in [-0.2, -0.15) is 0 Å². The van der Waals surface area contributed by atoms with E-state index in [0.29, 0.717) is 6.42 Å². The molecule has 2 heterocycles. The summed E-state index contributed by atoms with van der Waals surface area (Å²) < 4.78 is 10.8. The van der Waals surface area contributed by atoms with Crippen molar-refractivity contribution in [2.75, 3.05) is 0 Å². The molecule has 0 spiro atoms. The Hall–Kier alpha value is -1.51. The van der Waals surface area contributed by atoms with Gasteiger partial charge in [0.1, 0.15) is 11.5 Å². The number of carbonyl (C=O) groups is 1. The van der Waals surface area contributed by atoms with E-state index in [0.717, 1.165) is 17.1 Å². The average molecular weight is 192 g/mol. The largest absolute Gasteiger partial charge is 0.486 e. The molecule has 1 aromatic heterocycles. The van der Waals surface area contributed by atoms with Crippen molar-refractivity contribution in [1.29, 1.82) is 0 Å². The molecule has 14 heavy (non-hydrogen) atoms. The topological polar surface area (TPSA) is 39.4 Å². The fourth-order valence-electron chi connectivity index (χ4n) is 1.68. The van der Waals surface area contributed by atoms with Crippen LogP contribution >= 0.6 is 0 Å². The number of ketones is 1. The zero-order valence-electron chi connectivity index (χ0n) is 8.24. The summed E-state index contributed by atoms with van der Waals surface area (Å²) in [5, 5.41) is 0. The standard InChI is InChI=1S/C11H12O3/c1-7(12)9-6-11(14-8(9)2)10-4-3-5-13-10/h3-5,11H,6H2,1-2H3. The van der Waals surface area contributed by atoms with Crippen LogP contribution in [0.5, 0.6) is 0 Å². The van der Waals surface area contributed by atoms with Crippen molar-refractivity contribution < 1.29 is 13.9 Å². The first-order valence-corrected chi connectivity index (χ1v) is 4.59. The monoisotopic (exact) mass is 192 g/mol. The Kier molecular flexibility index (Phi) is 2.15. The third-order valence-corrected chi connectivity index (χ3v) is 2.42. The molecule has 1 unspecified atom stereocenters. The lowest BCUT2D eigenvalue weighted by atomic mass is 10.1. The molecule has 0 bridgehead atoms. The lowest BCUT2D eigenvalue weighted by Gasteiger charge is -2.07. The predicted molar refractivity (Wildman–Crippen MR) is 50.5 cm³/mol. The summed E-state index contributed by atoms with van der Waals surface area (Å²) in [6.07, 6.45) is 2.11. The van der Waals surface area contributed by atoms with Crippen molar-refractivity contribution >= 4 is 5.78 Å². The normalized spacial score (nSPS) is 21.1. The maximum atomic E-state index is 11.2. The highest BCUT2D eigenvalue weighted by Gasteiger charge is 2.28. The lowest BCUT2D eigenvalue weighted by molar-refractivity contribution is -0.113. The molecule has 0 N–H and O–H groups in total. The molecule has 1 atom stereocenters. The van der Waals surface area contributed by atoms with E-state index >= 15 is 0 Å². The number of rotatable bonds is 2. The second-order valence-electron chi connectivity index (χ2n) is 3.42. The molecule has 0 aromatic carbocycles. The van der Waals surface area contributed by atoms with Gasteiger partial charge in [0, 0.05) is 12.0 Å². The number of hydrogen-bond donors (Lipinski definition) is 0. The minimum absolute atomic E-state index is 0.0801. The maximum Gasteiger partial charge on any atom is 0.160 e. The molecule has 0 aliphatic carbocycles. The van der Waals surface area contributed by atoms with Gasteiger partial charge in [-0.3, -0.25) is 4.79 Å². The first-order valence-electron chi connectivity index (χ1n) is 4.59. The van der Waals surface area contributed by atoms with Crippen LogP contribution in [0.15, 0.2) is 34.1 Å². The van der Waals surface area contributed by atoms with Crippen LogP contribution in [0, 0.1) is 0 Å². The number of Topliss-reactive ketones (excluding diaryl/α,β-unsaturated/α-hetero) is 1. The summed E-state index contributed by atoms with van der Waals surface area (Å²) in [6, 6.07) is 3.68. The molecular weight excluding hydrogens is 180 g/mol. The molecule has 74 valence electrons. The summed E-state index contributed by atoms with van der Waals surface area (Å²) >= 11 is 0. The van der Waals surface area contributed by atoms with E-state index in [4.69, 9.17) is 9.15 Å². The van der Waals surface area contributed by atoms with Gasteiger partial charge in [0.2, 0.25) is 0 Å². The van der Waals surface area contributed by atoms with Crippen LogP contribution in [-0.4, -0.2) is 5.78 Å². The third-order valence-electron chi connectivity index (χ3n) is 2.42. The minimum Gasteiger partial charge on any atom is -0.486 e. The zero-order chi connectivity index (χ0) is 10.1. The van der Waals surface area contributed by atoms with Crippen LogP contribution in [0.4, 0.5) is 0 Å². The second kappa shape index (κ2) is 3.33. The highest BCUT2D eigenvalue weighted by atomic mass is 16.5. The van der Waals surface area contributed by atoms with Crippen LogP contribution in [0.3, 0.4) is 0 Å². The smallest absolute Gasteiger partial charge is 0.160 e. The Morgan fingerprint density at radius 3 is 2.86 bits per heavy atom. The van der Waals surface area contributed by atoms with E-state index in [9.17, 15) is 4.79 Å². The molecule has 1 aliphatic rings. The fraction of sp³-hybridized carbons (Fsp3) is 0.364. The first kappa shape index (κ1) is 9.06. The van der Waals surface area contributed by atoms with Gasteiger partial charge in [0.15, 0.2) is 11.9 Å². The summed E-state index contributed by atoms with van der Waals surface area (Å²) in [5.41, 5.74) is 0.770. The van der Waals surface area contributed by atoms with E-state index in [-0.39, 0.29) is 11.9 Å². The van der Waals surface area contributed by atoms with Crippen molar-refractivity contribution in [3.05, 3.63) is 35.5 Å². The molecule has 1 aromatic rings. The second-order valence-corrected chi connectivity index (χ2v) is 3.42. The molecule has 2 rings (SSSR count). The van der Waals surface area contributed by atoms with E-state index < -0.39 is 0 Å². The van der Waals surface area contributed by atoms with E-state index in [1.54, 1.807) is 13.2 Å². The van der Waals surface area contributed by atoms with Crippen molar-refractivity contribution in [3.63, 3.8) is 0 Å². The summed E-state index contributed by atoms with van der Waals surface area (Å²) in [5.74, 6) is 1.58. The van der Waals surface area contributed by atoms with Gasteiger partial charge in [-0.15, -0.1) is 0 Å². The lowest BCUT2D eigenvalue weighted by Crippen LogP contribution is -1.97. The molecule has 0 saturated carbocycles. The number of allylic oxidation sites excluding steroid dienone is 1. The Bertz CT molecular complexity index is 373. The van der Waals surface area contributed by atoms with Gasteiger partial charge in [0.25, 0.3) is 0 Å². The van der Waals surface area contributed by atoms with Gasteiger partial charge in [-0.25, -0.2) is 0 Å². The van der Waals surface area contributed by atoms with E-state index in [1.165, 1.54) is 0 Å². The Balaban J connectivity index is 2.16. The molecule has 0 radical (unpaired) electrons. The Morgan fingerprint density at radius 1 is 1.57 bits per heavy atom. The van der Waals surface area contributed by atoms with Crippen LogP contribution < -0.4 is 0 Å². The van der Waals surface area contributed by atoms with Crippen molar-refractivity contribution in [2.24, 2.45) is 0 Å². The maximum absolute atomic E-state index is 11.2. The van der Waals surface area contributed by atoms with Crippen molar-refractivity contribution in [1.82, 2.24) is 0 Å². The molecular formula is C11H12O3. The highest BCUT2D eigenvalue weighted by Crippen LogP contribution is 2.36. The predicted octanol–water partition coefficient (Wildman–Crippen LogP) is 2.60. The Morgan fingerprint density at radius 2 is 2.36 bits per heavy atom. The molecule has 0 amide bonds. The van der Waals surface area contributed by atoms with Gasteiger partial charge in [0.05, 0.1) is 6.26 Å². The summed E-state index contributed by atoms with van der Waals surface area (Å²) in [4.78, 5) is 11.2. The van der Waals surface area contributed by atoms with Crippen LogP contribution in [-0.2, 0) is 9.53 Å². The third kappa shape index (κ3) is 1.45. The average Bonchev–Trinajstić information content (AvgIpc) is 2.70. The quantitative estimate of drug-likeness (QED) is 0.723. The van der Waals surface area contributed by atoms with Crippen LogP contribution in [0.25, 0.3) is 0 Å².